The van der Waals surface area contributed by atoms with Gasteiger partial charge >= 0.3 is 6.01 Å². The van der Waals surface area contributed by atoms with Crippen molar-refractivity contribution in [2.45, 2.75) is 88.8 Å². The fraction of sp³-hybridized carbons (Fsp3) is 0.488. The highest BCUT2D eigenvalue weighted by Gasteiger charge is 2.43. The van der Waals surface area contributed by atoms with Gasteiger partial charge in [0.2, 0.25) is 5.91 Å². The second-order valence-electron chi connectivity index (χ2n) is 15.0. The molecule has 4 heterocycles. The summed E-state index contributed by atoms with van der Waals surface area (Å²) in [6.45, 7) is 9.05. The molecule has 0 unspecified atom stereocenters. The van der Waals surface area contributed by atoms with Crippen molar-refractivity contribution in [1.82, 2.24) is 24.7 Å². The van der Waals surface area contributed by atoms with Gasteiger partial charge in [-0.1, -0.05) is 30.7 Å². The Bertz CT molecular complexity index is 1860. The van der Waals surface area contributed by atoms with E-state index in [2.05, 4.69) is 22.3 Å². The molecule has 0 spiro atoms. The maximum atomic E-state index is 15.0. The van der Waals surface area contributed by atoms with E-state index in [4.69, 9.17) is 21.1 Å². The molecule has 1 aromatic heterocycles. The van der Waals surface area contributed by atoms with Crippen LogP contribution >= 0.6 is 0 Å². The number of hydrogen-bond acceptors (Lipinski definition) is 7. The molecule has 11 heteroatoms. The predicted octanol–water partition coefficient (Wildman–Crippen LogP) is 6.17. The molecular weight excluding hydrogens is 665 g/mol. The number of aryl methyl sites for hydroxylation is 1. The molecule has 0 radical (unpaired) electrons. The molecule has 4 atom stereocenters. The summed E-state index contributed by atoms with van der Waals surface area (Å²) >= 11 is 0. The summed E-state index contributed by atoms with van der Waals surface area (Å²) in [5.41, 5.74) is 4.44. The number of rotatable bonds is 10. The number of alkyl halides is 1. The van der Waals surface area contributed by atoms with Crippen LogP contribution in [0.3, 0.4) is 0 Å². The molecule has 2 fully saturated rings. The SMILES string of the molecule is C#Cc1c(F)ccc2c1[C@H](N1CCc3c(nc(OC[C@]4(C)C[C@@H](F)CN4Cc4ccc(F)cc4)nc3N(C)C[C@@H]3CCCN3C(=O)C=C)C1)CCC2. The molecule has 3 aliphatic heterocycles. The number of terminal acetylenes is 1. The van der Waals surface area contributed by atoms with Crippen molar-refractivity contribution in [1.29, 1.82) is 0 Å². The number of likely N-dealkylation sites (N-methyl/N-ethyl adjacent to an activating group) is 1. The van der Waals surface area contributed by atoms with Gasteiger partial charge < -0.3 is 14.5 Å². The summed E-state index contributed by atoms with van der Waals surface area (Å²) in [6, 6.07) is 9.81. The first-order chi connectivity index (χ1) is 25.1. The fourth-order valence-electron chi connectivity index (χ4n) is 8.83. The van der Waals surface area contributed by atoms with E-state index >= 15 is 0 Å². The average Bonchev–Trinajstić information content (AvgIpc) is 3.72. The Hall–Kier alpha value is -4.40. The van der Waals surface area contributed by atoms with Gasteiger partial charge in [-0.05, 0) is 86.4 Å². The van der Waals surface area contributed by atoms with Gasteiger partial charge in [0.25, 0.3) is 0 Å². The van der Waals surface area contributed by atoms with Crippen LogP contribution in [-0.4, -0.2) is 88.2 Å². The van der Waals surface area contributed by atoms with Gasteiger partial charge in [-0.25, -0.2) is 13.2 Å². The smallest absolute Gasteiger partial charge is 0.318 e. The third-order valence-corrected chi connectivity index (χ3v) is 11.5. The number of likely N-dealkylation sites (tertiary alicyclic amines) is 2. The highest BCUT2D eigenvalue weighted by atomic mass is 19.1. The van der Waals surface area contributed by atoms with E-state index in [1.54, 1.807) is 12.1 Å². The van der Waals surface area contributed by atoms with E-state index in [0.29, 0.717) is 38.2 Å². The molecule has 3 aromatic rings. The first-order valence-electron chi connectivity index (χ1n) is 18.4. The van der Waals surface area contributed by atoms with Crippen LogP contribution in [0, 0.1) is 24.0 Å². The summed E-state index contributed by atoms with van der Waals surface area (Å²) in [6.07, 6.45) is 11.7. The topological polar surface area (TPSA) is 65.0 Å². The minimum absolute atomic E-state index is 0.0142. The monoisotopic (exact) mass is 712 g/mol. The lowest BCUT2D eigenvalue weighted by atomic mass is 9.83. The summed E-state index contributed by atoms with van der Waals surface area (Å²) in [4.78, 5) is 31.0. The van der Waals surface area contributed by atoms with E-state index in [1.807, 2.05) is 29.8 Å². The molecule has 52 heavy (non-hydrogen) atoms. The van der Waals surface area contributed by atoms with Crippen molar-refractivity contribution < 1.29 is 22.7 Å². The van der Waals surface area contributed by atoms with Crippen LogP contribution in [0.15, 0.2) is 49.1 Å². The Morgan fingerprint density at radius 1 is 1.13 bits per heavy atom. The molecule has 1 amide bonds. The van der Waals surface area contributed by atoms with Crippen LogP contribution in [0.1, 0.15) is 78.6 Å². The first-order valence-corrected chi connectivity index (χ1v) is 18.4. The Morgan fingerprint density at radius 3 is 2.71 bits per heavy atom. The molecule has 274 valence electrons. The number of ether oxygens (including phenoxy) is 1. The number of aromatic nitrogens is 2. The fourth-order valence-corrected chi connectivity index (χ4v) is 8.83. The van der Waals surface area contributed by atoms with Crippen LogP contribution in [0.4, 0.5) is 19.0 Å². The van der Waals surface area contributed by atoms with Crippen molar-refractivity contribution in [2.24, 2.45) is 0 Å². The molecule has 4 aliphatic rings. The first kappa shape index (κ1) is 36.0. The number of anilines is 1. The van der Waals surface area contributed by atoms with Crippen molar-refractivity contribution in [3.05, 3.63) is 94.2 Å². The Balaban J connectivity index is 1.18. The Kier molecular flexibility index (Phi) is 10.3. The zero-order valence-electron chi connectivity index (χ0n) is 30.1. The number of amides is 1. The number of carbonyl (C=O) groups excluding carboxylic acids is 1. The van der Waals surface area contributed by atoms with Gasteiger partial charge in [0.15, 0.2) is 0 Å². The molecule has 8 nitrogen and oxygen atoms in total. The lowest BCUT2D eigenvalue weighted by Crippen LogP contribution is -2.45. The Morgan fingerprint density at radius 2 is 1.94 bits per heavy atom. The van der Waals surface area contributed by atoms with Crippen molar-refractivity contribution >= 4 is 11.7 Å². The summed E-state index contributed by atoms with van der Waals surface area (Å²) in [5, 5.41) is 0. The largest absolute Gasteiger partial charge is 0.461 e. The minimum atomic E-state index is -1.03. The lowest BCUT2D eigenvalue weighted by Gasteiger charge is -2.40. The van der Waals surface area contributed by atoms with Gasteiger partial charge in [0, 0.05) is 70.4 Å². The van der Waals surface area contributed by atoms with Crippen LogP contribution < -0.4 is 9.64 Å². The van der Waals surface area contributed by atoms with E-state index in [1.165, 1.54) is 24.3 Å². The lowest BCUT2D eigenvalue weighted by molar-refractivity contribution is -0.126. The summed E-state index contributed by atoms with van der Waals surface area (Å²) in [5.74, 6) is 2.63. The van der Waals surface area contributed by atoms with Gasteiger partial charge in [-0.15, -0.1) is 6.42 Å². The summed E-state index contributed by atoms with van der Waals surface area (Å²) < 4.78 is 50.0. The number of carbonyl (C=O) groups is 1. The van der Waals surface area contributed by atoms with Gasteiger partial charge in [-0.2, -0.15) is 9.97 Å². The van der Waals surface area contributed by atoms with Gasteiger partial charge in [0.05, 0.1) is 16.8 Å². The maximum Gasteiger partial charge on any atom is 0.318 e. The Labute approximate surface area is 304 Å². The number of nitrogens with zero attached hydrogens (tertiary/aromatic N) is 6. The zero-order valence-corrected chi connectivity index (χ0v) is 30.1. The number of fused-ring (bicyclic) bond motifs is 2. The second kappa shape index (κ2) is 14.9. The molecule has 0 bridgehead atoms. The van der Waals surface area contributed by atoms with Crippen LogP contribution in [0.5, 0.6) is 6.01 Å². The van der Waals surface area contributed by atoms with E-state index in [0.717, 1.165) is 72.4 Å². The molecule has 2 saturated heterocycles. The van der Waals surface area contributed by atoms with Crippen LogP contribution in [0.2, 0.25) is 0 Å². The molecule has 1 aliphatic carbocycles. The minimum Gasteiger partial charge on any atom is -0.461 e. The highest BCUT2D eigenvalue weighted by Crippen LogP contribution is 2.41. The van der Waals surface area contributed by atoms with E-state index in [-0.39, 0.29) is 55.2 Å². The average molecular weight is 713 g/mol. The normalized spacial score (nSPS) is 24.6. The zero-order chi connectivity index (χ0) is 36.6. The van der Waals surface area contributed by atoms with Gasteiger partial charge in [0.1, 0.15) is 30.2 Å². The standard InChI is InChI=1S/C41H47F3N6O2/c1-5-32-34(44)17-14-28-9-7-11-36(38(28)32)48-20-18-33-35(25-48)45-40(46-39(33)47(4)24-31-10-8-19-50(31)37(51)6-2)52-26-41(3)21-30(43)23-49(41)22-27-12-15-29(42)16-13-27/h1,6,12-17,30-31,36H,2,7-11,18-26H2,3-4H3/t30-,31+,36-,41+/m1/s1. The van der Waals surface area contributed by atoms with Crippen LogP contribution in [-0.2, 0) is 30.7 Å². The summed E-state index contributed by atoms with van der Waals surface area (Å²) in [7, 11) is 1.99. The van der Waals surface area contributed by atoms with Crippen LogP contribution in [0.25, 0.3) is 0 Å². The van der Waals surface area contributed by atoms with E-state index in [9.17, 15) is 18.0 Å². The maximum absolute atomic E-state index is 15.0. The number of halogens is 3. The second-order valence-corrected chi connectivity index (χ2v) is 15.0. The molecule has 0 saturated carbocycles. The van der Waals surface area contributed by atoms with Crippen molar-refractivity contribution in [3.63, 3.8) is 0 Å². The molecular formula is C41H47F3N6O2. The number of benzene rings is 2. The highest BCUT2D eigenvalue weighted by molar-refractivity contribution is 5.87. The predicted molar refractivity (Wildman–Crippen MR) is 195 cm³/mol. The number of hydrogen-bond donors (Lipinski definition) is 0. The molecule has 7 rings (SSSR count). The molecule has 0 N–H and O–H groups in total. The van der Waals surface area contributed by atoms with Crippen molar-refractivity contribution in [2.75, 3.05) is 44.7 Å². The third kappa shape index (κ3) is 7.15. The van der Waals surface area contributed by atoms with E-state index < -0.39 is 11.7 Å². The van der Waals surface area contributed by atoms with Crippen molar-refractivity contribution in [3.8, 4) is 18.4 Å². The van der Waals surface area contributed by atoms with Gasteiger partial charge in [-0.3, -0.25) is 14.6 Å². The third-order valence-electron chi connectivity index (χ3n) is 11.5. The molecule has 2 aromatic carbocycles. The quantitative estimate of drug-likeness (QED) is 0.184.